The average Bonchev–Trinajstić information content (AvgIpc) is 2.82. The van der Waals surface area contributed by atoms with Crippen molar-refractivity contribution in [3.63, 3.8) is 0 Å². The minimum atomic E-state index is 0.151. The van der Waals surface area contributed by atoms with Crippen molar-refractivity contribution < 1.29 is 9.47 Å². The zero-order chi connectivity index (χ0) is 22.2. The molecule has 1 unspecified atom stereocenters. The third-order valence-corrected chi connectivity index (χ3v) is 6.17. The van der Waals surface area contributed by atoms with E-state index in [1.807, 2.05) is 12.1 Å². The highest BCUT2D eigenvalue weighted by Crippen LogP contribution is 2.25. The molecule has 1 atom stereocenters. The molecule has 0 amide bonds. The lowest BCUT2D eigenvalue weighted by Crippen LogP contribution is -2.01. The fraction of sp³-hybridized carbons (Fsp3) is 0.586. The predicted molar refractivity (Wildman–Crippen MR) is 134 cm³/mol. The summed E-state index contributed by atoms with van der Waals surface area (Å²) in [6, 6.07) is 16.9. The monoisotopic (exact) mass is 424 g/mol. The number of hydrogen-bond donors (Lipinski definition) is 0. The summed E-state index contributed by atoms with van der Waals surface area (Å²) in [5.41, 5.74) is 3.67. The molecule has 0 spiro atoms. The highest BCUT2D eigenvalue weighted by Gasteiger charge is 2.06. The van der Waals surface area contributed by atoms with Crippen molar-refractivity contribution >= 4 is 0 Å². The molecule has 31 heavy (non-hydrogen) atoms. The highest BCUT2D eigenvalue weighted by atomic mass is 16.5. The van der Waals surface area contributed by atoms with Gasteiger partial charge in [-0.2, -0.15) is 0 Å². The minimum Gasteiger partial charge on any atom is -0.497 e. The van der Waals surface area contributed by atoms with E-state index in [-0.39, 0.29) is 6.10 Å². The second kappa shape index (κ2) is 15.9. The number of rotatable bonds is 17. The van der Waals surface area contributed by atoms with Gasteiger partial charge in [0.05, 0.1) is 13.2 Å². The molecule has 0 N–H and O–H groups in total. The zero-order valence-electron chi connectivity index (χ0n) is 20.2. The molecule has 2 heteroatoms. The van der Waals surface area contributed by atoms with Crippen LogP contribution in [0, 0.1) is 0 Å². The molecule has 172 valence electrons. The summed E-state index contributed by atoms with van der Waals surface area (Å²) in [5, 5.41) is 0. The van der Waals surface area contributed by atoms with Crippen LogP contribution in [-0.2, 0) is 4.74 Å². The van der Waals surface area contributed by atoms with Crippen LogP contribution < -0.4 is 4.74 Å². The largest absolute Gasteiger partial charge is 0.497 e. The van der Waals surface area contributed by atoms with E-state index >= 15 is 0 Å². The first-order valence-electron chi connectivity index (χ1n) is 12.6. The molecule has 0 radical (unpaired) electrons. The van der Waals surface area contributed by atoms with Crippen LogP contribution in [0.3, 0.4) is 0 Å². The maximum Gasteiger partial charge on any atom is 0.118 e. The fourth-order valence-corrected chi connectivity index (χ4v) is 4.03. The lowest BCUT2D eigenvalue weighted by Gasteiger charge is -2.14. The van der Waals surface area contributed by atoms with Gasteiger partial charge < -0.3 is 9.47 Å². The Labute approximate surface area is 191 Å². The molecule has 0 aliphatic carbocycles. The van der Waals surface area contributed by atoms with Gasteiger partial charge in [0, 0.05) is 6.61 Å². The van der Waals surface area contributed by atoms with Crippen LogP contribution in [0.2, 0.25) is 0 Å². The van der Waals surface area contributed by atoms with E-state index in [0.717, 1.165) is 12.4 Å². The van der Waals surface area contributed by atoms with E-state index in [0.29, 0.717) is 0 Å². The molecule has 0 aliphatic heterocycles. The van der Waals surface area contributed by atoms with Gasteiger partial charge in [-0.05, 0) is 42.2 Å². The van der Waals surface area contributed by atoms with Crippen LogP contribution in [0.4, 0.5) is 0 Å². The summed E-state index contributed by atoms with van der Waals surface area (Å²) in [6.45, 7) is 5.30. The van der Waals surface area contributed by atoms with Crippen LogP contribution in [0.15, 0.2) is 48.5 Å². The van der Waals surface area contributed by atoms with Gasteiger partial charge in [0.2, 0.25) is 0 Å². The van der Waals surface area contributed by atoms with Gasteiger partial charge in [-0.1, -0.05) is 114 Å². The van der Waals surface area contributed by atoms with Gasteiger partial charge in [0.25, 0.3) is 0 Å². The lowest BCUT2D eigenvalue weighted by atomic mass is 10.0. The maximum absolute atomic E-state index is 6.08. The second-order valence-corrected chi connectivity index (χ2v) is 8.75. The number of methoxy groups -OCH3 is 1. The SMILES string of the molecule is CCCCCCCCCCCCCCOC(C)c1ccc(-c2ccc(OC)cc2)cc1. The Hall–Kier alpha value is -1.80. The van der Waals surface area contributed by atoms with Crippen molar-refractivity contribution in [3.05, 3.63) is 54.1 Å². The van der Waals surface area contributed by atoms with Crippen LogP contribution in [0.1, 0.15) is 103 Å². The molecule has 0 heterocycles. The molecular weight excluding hydrogens is 380 g/mol. The molecule has 0 bridgehead atoms. The Kier molecular flexibility index (Phi) is 13.1. The Morgan fingerprint density at radius 2 is 1.06 bits per heavy atom. The third-order valence-electron chi connectivity index (χ3n) is 6.17. The summed E-state index contributed by atoms with van der Waals surface area (Å²) in [5.74, 6) is 0.889. The topological polar surface area (TPSA) is 18.5 Å². The smallest absolute Gasteiger partial charge is 0.118 e. The molecule has 2 aromatic carbocycles. The first-order valence-corrected chi connectivity index (χ1v) is 12.6. The molecule has 0 aliphatic rings. The number of hydrogen-bond acceptors (Lipinski definition) is 2. The van der Waals surface area contributed by atoms with Gasteiger partial charge in [0.15, 0.2) is 0 Å². The van der Waals surface area contributed by atoms with E-state index in [1.165, 1.54) is 93.7 Å². The second-order valence-electron chi connectivity index (χ2n) is 8.75. The predicted octanol–water partition coefficient (Wildman–Crippen LogP) is 9.14. The van der Waals surface area contributed by atoms with Crippen molar-refractivity contribution in [3.8, 4) is 16.9 Å². The van der Waals surface area contributed by atoms with Crippen molar-refractivity contribution in [1.29, 1.82) is 0 Å². The molecule has 2 rings (SSSR count). The van der Waals surface area contributed by atoms with Crippen molar-refractivity contribution in [2.24, 2.45) is 0 Å². The summed E-state index contributed by atoms with van der Waals surface area (Å²) in [7, 11) is 1.70. The van der Waals surface area contributed by atoms with Crippen molar-refractivity contribution in [1.82, 2.24) is 0 Å². The fourth-order valence-electron chi connectivity index (χ4n) is 4.03. The standard InChI is InChI=1S/C29H44O2/c1-4-5-6-7-8-9-10-11-12-13-14-15-24-31-25(2)26-16-18-27(19-17-26)28-20-22-29(30-3)23-21-28/h16-23,25H,4-15,24H2,1-3H3. The number of unbranched alkanes of at least 4 members (excludes halogenated alkanes) is 11. The van der Waals surface area contributed by atoms with E-state index in [2.05, 4.69) is 50.2 Å². The van der Waals surface area contributed by atoms with Crippen LogP contribution in [-0.4, -0.2) is 13.7 Å². The van der Waals surface area contributed by atoms with Gasteiger partial charge >= 0.3 is 0 Å². The Morgan fingerprint density at radius 3 is 1.55 bits per heavy atom. The van der Waals surface area contributed by atoms with Crippen molar-refractivity contribution in [2.75, 3.05) is 13.7 Å². The maximum atomic E-state index is 6.08. The third kappa shape index (κ3) is 10.4. The molecule has 0 aromatic heterocycles. The lowest BCUT2D eigenvalue weighted by molar-refractivity contribution is 0.0627. The Bertz CT molecular complexity index is 675. The summed E-state index contributed by atoms with van der Waals surface area (Å²) >= 11 is 0. The minimum absolute atomic E-state index is 0.151. The highest BCUT2D eigenvalue weighted by molar-refractivity contribution is 5.64. The molecular formula is C29H44O2. The van der Waals surface area contributed by atoms with E-state index < -0.39 is 0 Å². The zero-order valence-corrected chi connectivity index (χ0v) is 20.2. The van der Waals surface area contributed by atoms with Gasteiger partial charge in [0.1, 0.15) is 5.75 Å². The van der Waals surface area contributed by atoms with E-state index in [1.54, 1.807) is 7.11 Å². The molecule has 0 saturated heterocycles. The van der Waals surface area contributed by atoms with Crippen LogP contribution >= 0.6 is 0 Å². The van der Waals surface area contributed by atoms with E-state index in [9.17, 15) is 0 Å². The quantitative estimate of drug-likeness (QED) is 0.236. The Balaban J connectivity index is 1.53. The molecule has 2 aromatic rings. The summed E-state index contributed by atoms with van der Waals surface area (Å²) < 4.78 is 11.3. The normalized spacial score (nSPS) is 12.1. The average molecular weight is 425 g/mol. The number of ether oxygens (including phenoxy) is 2. The first kappa shape index (κ1) is 25.5. The molecule has 0 fully saturated rings. The first-order chi connectivity index (χ1) is 15.2. The van der Waals surface area contributed by atoms with Crippen LogP contribution in [0.5, 0.6) is 5.75 Å². The van der Waals surface area contributed by atoms with Gasteiger partial charge in [-0.3, -0.25) is 0 Å². The number of benzene rings is 2. The molecule has 0 saturated carbocycles. The molecule has 2 nitrogen and oxygen atoms in total. The summed E-state index contributed by atoms with van der Waals surface area (Å²) in [4.78, 5) is 0. The van der Waals surface area contributed by atoms with Crippen molar-refractivity contribution in [2.45, 2.75) is 97.0 Å². The van der Waals surface area contributed by atoms with Crippen LogP contribution in [0.25, 0.3) is 11.1 Å². The van der Waals surface area contributed by atoms with Gasteiger partial charge in [-0.15, -0.1) is 0 Å². The van der Waals surface area contributed by atoms with E-state index in [4.69, 9.17) is 9.47 Å². The van der Waals surface area contributed by atoms with Gasteiger partial charge in [-0.25, -0.2) is 0 Å². The Morgan fingerprint density at radius 1 is 0.613 bits per heavy atom. The summed E-state index contributed by atoms with van der Waals surface area (Å²) in [6.07, 6.45) is 16.7.